The highest BCUT2D eigenvalue weighted by atomic mass is 79.9. The molecular weight excluding hydrogens is 490 g/mol. The molecule has 0 bridgehead atoms. The highest BCUT2D eigenvalue weighted by Gasteiger charge is 2.23. The van der Waals surface area contributed by atoms with Crippen molar-refractivity contribution >= 4 is 50.8 Å². The molecule has 32 heavy (non-hydrogen) atoms. The van der Waals surface area contributed by atoms with E-state index in [9.17, 15) is 9.59 Å². The fourth-order valence-corrected chi connectivity index (χ4v) is 4.16. The molecule has 0 unspecified atom stereocenters. The lowest BCUT2D eigenvalue weighted by atomic mass is 9.98. The molecule has 0 spiro atoms. The number of para-hydroxylation sites is 1. The summed E-state index contributed by atoms with van der Waals surface area (Å²) in [4.78, 5) is 27.6. The van der Waals surface area contributed by atoms with Crippen LogP contribution in [0.25, 0.3) is 0 Å². The summed E-state index contributed by atoms with van der Waals surface area (Å²) in [5, 5.41) is 5.81. The SMILES string of the molecule is CC1CCN(C(=O)c2ccccc2NC(=S)NC(=O)c2ccc(OC(C)C)c(Br)c2)CC1. The van der Waals surface area contributed by atoms with Crippen molar-refractivity contribution in [1.29, 1.82) is 0 Å². The van der Waals surface area contributed by atoms with E-state index in [-0.39, 0.29) is 23.0 Å². The molecule has 0 radical (unpaired) electrons. The number of nitrogens with one attached hydrogen (secondary N) is 2. The molecule has 1 aliphatic heterocycles. The molecule has 0 atom stereocenters. The van der Waals surface area contributed by atoms with E-state index in [1.165, 1.54) is 0 Å². The molecule has 0 aliphatic carbocycles. The van der Waals surface area contributed by atoms with Crippen molar-refractivity contribution in [2.24, 2.45) is 5.92 Å². The summed E-state index contributed by atoms with van der Waals surface area (Å²) in [6.07, 6.45) is 2.04. The molecule has 170 valence electrons. The van der Waals surface area contributed by atoms with Crippen LogP contribution in [0, 0.1) is 5.92 Å². The van der Waals surface area contributed by atoms with Crippen LogP contribution in [0.15, 0.2) is 46.9 Å². The van der Waals surface area contributed by atoms with Crippen LogP contribution in [0.5, 0.6) is 5.75 Å². The Morgan fingerprint density at radius 1 is 1.16 bits per heavy atom. The average molecular weight is 518 g/mol. The monoisotopic (exact) mass is 517 g/mol. The molecule has 0 saturated carbocycles. The molecule has 2 aromatic carbocycles. The van der Waals surface area contributed by atoms with Crippen molar-refractivity contribution in [2.75, 3.05) is 18.4 Å². The van der Waals surface area contributed by atoms with E-state index in [0.717, 1.165) is 25.9 Å². The zero-order valence-electron chi connectivity index (χ0n) is 18.5. The van der Waals surface area contributed by atoms with Crippen molar-refractivity contribution < 1.29 is 14.3 Å². The van der Waals surface area contributed by atoms with Gasteiger partial charge < -0.3 is 15.0 Å². The fourth-order valence-electron chi connectivity index (χ4n) is 3.48. The Balaban J connectivity index is 1.66. The van der Waals surface area contributed by atoms with Gasteiger partial charge >= 0.3 is 0 Å². The van der Waals surface area contributed by atoms with Gasteiger partial charge in [-0.25, -0.2) is 0 Å². The third-order valence-electron chi connectivity index (χ3n) is 5.26. The van der Waals surface area contributed by atoms with E-state index >= 15 is 0 Å². The number of nitrogens with zero attached hydrogens (tertiary/aromatic N) is 1. The summed E-state index contributed by atoms with van der Waals surface area (Å²) in [7, 11) is 0. The van der Waals surface area contributed by atoms with Gasteiger partial charge in [0.15, 0.2) is 5.11 Å². The smallest absolute Gasteiger partial charge is 0.257 e. The second kappa shape index (κ2) is 10.9. The van der Waals surface area contributed by atoms with E-state index in [4.69, 9.17) is 17.0 Å². The summed E-state index contributed by atoms with van der Waals surface area (Å²) >= 11 is 8.78. The largest absolute Gasteiger partial charge is 0.490 e. The van der Waals surface area contributed by atoms with Gasteiger partial charge in [-0.1, -0.05) is 19.1 Å². The van der Waals surface area contributed by atoms with Crippen molar-refractivity contribution in [3.8, 4) is 5.75 Å². The minimum absolute atomic E-state index is 0.0267. The van der Waals surface area contributed by atoms with Gasteiger partial charge in [-0.05, 0) is 91.1 Å². The van der Waals surface area contributed by atoms with Gasteiger partial charge in [-0.3, -0.25) is 14.9 Å². The predicted molar refractivity (Wildman–Crippen MR) is 134 cm³/mol. The number of piperidine rings is 1. The van der Waals surface area contributed by atoms with Crippen LogP contribution in [0.2, 0.25) is 0 Å². The number of amides is 2. The topological polar surface area (TPSA) is 70.7 Å². The maximum atomic E-state index is 13.0. The maximum Gasteiger partial charge on any atom is 0.257 e. The third kappa shape index (κ3) is 6.29. The number of thiocarbonyl (C=S) groups is 1. The van der Waals surface area contributed by atoms with Gasteiger partial charge in [0.05, 0.1) is 21.8 Å². The van der Waals surface area contributed by atoms with Crippen molar-refractivity contribution in [3.63, 3.8) is 0 Å². The number of hydrogen-bond donors (Lipinski definition) is 2. The number of benzene rings is 2. The maximum absolute atomic E-state index is 13.0. The summed E-state index contributed by atoms with van der Waals surface area (Å²) in [6.45, 7) is 7.58. The molecule has 1 saturated heterocycles. The number of anilines is 1. The van der Waals surface area contributed by atoms with Crippen LogP contribution in [-0.2, 0) is 0 Å². The predicted octanol–water partition coefficient (Wildman–Crippen LogP) is 5.24. The van der Waals surface area contributed by atoms with E-state index in [1.807, 2.05) is 30.9 Å². The highest BCUT2D eigenvalue weighted by Crippen LogP contribution is 2.27. The number of carbonyl (C=O) groups excluding carboxylic acids is 2. The second-order valence-electron chi connectivity index (χ2n) is 8.24. The Kier molecular flexibility index (Phi) is 8.26. The first kappa shape index (κ1) is 24.2. The molecule has 2 aromatic rings. The summed E-state index contributed by atoms with van der Waals surface area (Å²) in [6, 6.07) is 12.3. The van der Waals surface area contributed by atoms with E-state index in [0.29, 0.717) is 33.0 Å². The van der Waals surface area contributed by atoms with Crippen molar-refractivity contribution in [3.05, 3.63) is 58.1 Å². The number of carbonyl (C=O) groups is 2. The third-order valence-corrected chi connectivity index (χ3v) is 6.08. The number of rotatable bonds is 5. The fraction of sp³-hybridized carbons (Fsp3) is 0.375. The lowest BCUT2D eigenvalue weighted by molar-refractivity contribution is 0.0698. The second-order valence-corrected chi connectivity index (χ2v) is 9.50. The van der Waals surface area contributed by atoms with E-state index in [2.05, 4.69) is 33.5 Å². The minimum atomic E-state index is -0.354. The minimum Gasteiger partial charge on any atom is -0.490 e. The molecule has 8 heteroatoms. The van der Waals surface area contributed by atoms with Gasteiger partial charge in [0.25, 0.3) is 11.8 Å². The van der Waals surface area contributed by atoms with Crippen molar-refractivity contribution in [1.82, 2.24) is 10.2 Å². The first-order valence-corrected chi connectivity index (χ1v) is 11.9. The van der Waals surface area contributed by atoms with Crippen LogP contribution in [-0.4, -0.2) is 41.0 Å². The Bertz CT molecular complexity index is 1000. The molecule has 1 fully saturated rings. The Morgan fingerprint density at radius 2 is 1.84 bits per heavy atom. The summed E-state index contributed by atoms with van der Waals surface area (Å²) in [5.74, 6) is 0.921. The number of hydrogen-bond acceptors (Lipinski definition) is 4. The van der Waals surface area contributed by atoms with Gasteiger partial charge in [0, 0.05) is 18.7 Å². The Morgan fingerprint density at radius 3 is 2.50 bits per heavy atom. The Hall–Kier alpha value is -2.45. The van der Waals surface area contributed by atoms with Crippen LogP contribution in [0.4, 0.5) is 5.69 Å². The zero-order chi connectivity index (χ0) is 23.3. The molecule has 2 amide bonds. The first-order valence-electron chi connectivity index (χ1n) is 10.7. The first-order chi connectivity index (χ1) is 15.2. The Labute approximate surface area is 202 Å². The van der Waals surface area contributed by atoms with E-state index < -0.39 is 0 Å². The number of ether oxygens (including phenoxy) is 1. The molecule has 3 rings (SSSR count). The van der Waals surface area contributed by atoms with Crippen LogP contribution >= 0.6 is 28.1 Å². The normalized spacial score (nSPS) is 14.2. The van der Waals surface area contributed by atoms with Gasteiger partial charge in [-0.15, -0.1) is 0 Å². The highest BCUT2D eigenvalue weighted by molar-refractivity contribution is 9.10. The number of halogens is 1. The molecule has 0 aromatic heterocycles. The quantitative estimate of drug-likeness (QED) is 0.531. The lowest BCUT2D eigenvalue weighted by Gasteiger charge is -2.30. The molecular formula is C24H28BrN3O3S. The van der Waals surface area contributed by atoms with Crippen molar-refractivity contribution in [2.45, 2.75) is 39.7 Å². The summed E-state index contributed by atoms with van der Waals surface area (Å²) in [5.41, 5.74) is 1.55. The average Bonchev–Trinajstić information content (AvgIpc) is 2.75. The number of likely N-dealkylation sites (tertiary alicyclic amines) is 1. The van der Waals surface area contributed by atoms with Crippen LogP contribution in [0.3, 0.4) is 0 Å². The van der Waals surface area contributed by atoms with Gasteiger partial charge in [0.1, 0.15) is 5.75 Å². The van der Waals surface area contributed by atoms with E-state index in [1.54, 1.807) is 30.3 Å². The molecule has 6 nitrogen and oxygen atoms in total. The summed E-state index contributed by atoms with van der Waals surface area (Å²) < 4.78 is 6.36. The standard InChI is InChI=1S/C24H28BrN3O3S/c1-15(2)31-21-9-8-17(14-19(21)25)22(29)27-24(32)26-20-7-5-4-6-18(20)23(30)28-12-10-16(3)11-13-28/h4-9,14-16H,10-13H2,1-3H3,(H2,26,27,29,32). The molecule has 1 aliphatic rings. The van der Waals surface area contributed by atoms with Gasteiger partial charge in [0.2, 0.25) is 0 Å². The molecule has 1 heterocycles. The van der Waals surface area contributed by atoms with Crippen LogP contribution in [0.1, 0.15) is 54.3 Å². The lowest BCUT2D eigenvalue weighted by Crippen LogP contribution is -2.39. The zero-order valence-corrected chi connectivity index (χ0v) is 20.9. The molecule has 2 N–H and O–H groups in total. The van der Waals surface area contributed by atoms with Gasteiger partial charge in [-0.2, -0.15) is 0 Å². The van der Waals surface area contributed by atoms with Crippen LogP contribution < -0.4 is 15.4 Å².